The molecule has 1 saturated heterocycles. The van der Waals surface area contributed by atoms with E-state index in [1.165, 1.54) is 12.1 Å². The summed E-state index contributed by atoms with van der Waals surface area (Å²) in [6, 6.07) is 14.2. The van der Waals surface area contributed by atoms with Gasteiger partial charge in [0.25, 0.3) is 0 Å². The van der Waals surface area contributed by atoms with Crippen molar-refractivity contribution in [3.05, 3.63) is 54.1 Å². The van der Waals surface area contributed by atoms with E-state index in [1.807, 2.05) is 18.2 Å². The van der Waals surface area contributed by atoms with Gasteiger partial charge in [-0.3, -0.25) is 0 Å². The van der Waals surface area contributed by atoms with E-state index in [0.29, 0.717) is 25.4 Å². The van der Waals surface area contributed by atoms with Gasteiger partial charge in [0.1, 0.15) is 11.5 Å². The summed E-state index contributed by atoms with van der Waals surface area (Å²) in [5.41, 5.74) is 2.06. The molecule has 0 bridgehead atoms. The summed E-state index contributed by atoms with van der Waals surface area (Å²) in [4.78, 5) is 14.3. The quantitative estimate of drug-likeness (QED) is 0.651. The fraction of sp³-hybridized carbons (Fsp3) is 0.409. The number of rotatable bonds is 9. The van der Waals surface area contributed by atoms with Crippen LogP contribution in [0.4, 0.5) is 19.3 Å². The Morgan fingerprint density at radius 1 is 1.17 bits per heavy atom. The number of alkyl halides is 2. The van der Waals surface area contributed by atoms with Crippen LogP contribution >= 0.6 is 0 Å². The second kappa shape index (κ2) is 10.7. The molecule has 2 aromatic rings. The molecule has 2 aromatic carbocycles. The summed E-state index contributed by atoms with van der Waals surface area (Å²) < 4.78 is 33.9. The second-order valence-electron chi connectivity index (χ2n) is 7.21. The molecule has 0 aromatic heterocycles. The number of nitrogens with zero attached hydrogens (tertiary/aromatic N) is 1. The van der Waals surface area contributed by atoms with Gasteiger partial charge in [0, 0.05) is 37.9 Å². The first kappa shape index (κ1) is 21.7. The van der Waals surface area contributed by atoms with E-state index in [4.69, 9.17) is 4.74 Å². The first-order valence-corrected chi connectivity index (χ1v) is 9.98. The number of halogens is 2. The van der Waals surface area contributed by atoms with Crippen LogP contribution in [0.5, 0.6) is 11.5 Å². The number of carbonyl (C=O) groups is 1. The lowest BCUT2D eigenvalue weighted by Crippen LogP contribution is -2.39. The molecule has 1 fully saturated rings. The van der Waals surface area contributed by atoms with Crippen LogP contribution in [0, 0.1) is 5.92 Å². The van der Waals surface area contributed by atoms with Crippen molar-refractivity contribution < 1.29 is 23.0 Å². The van der Waals surface area contributed by atoms with Crippen LogP contribution in [0.15, 0.2) is 48.5 Å². The lowest BCUT2D eigenvalue weighted by molar-refractivity contribution is -0.0498. The monoisotopic (exact) mass is 419 g/mol. The normalized spacial score (nSPS) is 15.9. The zero-order chi connectivity index (χ0) is 21.3. The van der Waals surface area contributed by atoms with Crippen LogP contribution in [0.3, 0.4) is 0 Å². The van der Waals surface area contributed by atoms with Crippen molar-refractivity contribution in [1.82, 2.24) is 10.6 Å². The average molecular weight is 419 g/mol. The first-order chi connectivity index (χ1) is 14.5. The number of benzene rings is 2. The van der Waals surface area contributed by atoms with Crippen molar-refractivity contribution in [2.24, 2.45) is 5.92 Å². The predicted octanol–water partition coefficient (Wildman–Crippen LogP) is 3.66. The van der Waals surface area contributed by atoms with E-state index in [9.17, 15) is 13.6 Å². The largest absolute Gasteiger partial charge is 0.497 e. The maximum atomic E-state index is 12.2. The molecule has 30 heavy (non-hydrogen) atoms. The smallest absolute Gasteiger partial charge is 0.387 e. The zero-order valence-electron chi connectivity index (χ0n) is 16.9. The summed E-state index contributed by atoms with van der Waals surface area (Å²) in [7, 11) is 1.66. The molecule has 0 spiro atoms. The van der Waals surface area contributed by atoms with Crippen molar-refractivity contribution >= 4 is 11.7 Å². The van der Waals surface area contributed by atoms with Crippen molar-refractivity contribution in [2.75, 3.05) is 38.2 Å². The number of ether oxygens (including phenoxy) is 2. The number of hydrogen-bond acceptors (Lipinski definition) is 4. The van der Waals surface area contributed by atoms with E-state index in [1.54, 1.807) is 19.2 Å². The second-order valence-corrected chi connectivity index (χ2v) is 7.21. The SMILES string of the molecule is COc1cccc(N2CCC(CNC(=O)NCCc3ccc(OC(F)F)cc3)C2)c1. The third kappa shape index (κ3) is 6.50. The Morgan fingerprint density at radius 3 is 2.70 bits per heavy atom. The third-order valence-electron chi connectivity index (χ3n) is 5.10. The molecule has 0 radical (unpaired) electrons. The van der Waals surface area contributed by atoms with Gasteiger partial charge in [0.2, 0.25) is 0 Å². The number of nitrogens with one attached hydrogen (secondary N) is 2. The molecule has 3 rings (SSSR count). The lowest BCUT2D eigenvalue weighted by atomic mass is 10.1. The average Bonchev–Trinajstić information content (AvgIpc) is 3.22. The van der Waals surface area contributed by atoms with Gasteiger partial charge in [0.05, 0.1) is 7.11 Å². The van der Waals surface area contributed by atoms with E-state index in [0.717, 1.165) is 36.5 Å². The van der Waals surface area contributed by atoms with Gasteiger partial charge < -0.3 is 25.0 Å². The molecule has 1 aliphatic heterocycles. The zero-order valence-corrected chi connectivity index (χ0v) is 16.9. The maximum Gasteiger partial charge on any atom is 0.387 e. The highest BCUT2D eigenvalue weighted by Crippen LogP contribution is 2.26. The third-order valence-corrected chi connectivity index (χ3v) is 5.10. The molecular weight excluding hydrogens is 392 g/mol. The number of urea groups is 1. The van der Waals surface area contributed by atoms with Crippen LogP contribution in [0.2, 0.25) is 0 Å². The molecule has 2 amide bonds. The van der Waals surface area contributed by atoms with Crippen LogP contribution in [-0.2, 0) is 6.42 Å². The van der Waals surface area contributed by atoms with Gasteiger partial charge in [-0.1, -0.05) is 18.2 Å². The van der Waals surface area contributed by atoms with Gasteiger partial charge in [-0.15, -0.1) is 0 Å². The van der Waals surface area contributed by atoms with E-state index in [-0.39, 0.29) is 11.8 Å². The van der Waals surface area contributed by atoms with Gasteiger partial charge in [-0.25, -0.2) is 4.79 Å². The van der Waals surface area contributed by atoms with Crippen molar-refractivity contribution in [3.8, 4) is 11.5 Å². The standard InChI is InChI=1S/C22H27F2N3O3/c1-29-20-4-2-3-18(13-20)27-12-10-17(15-27)14-26-22(28)25-11-9-16-5-7-19(8-6-16)30-21(23)24/h2-8,13,17,21H,9-12,14-15H2,1H3,(H2,25,26,28). The molecule has 1 heterocycles. The molecular formula is C22H27F2N3O3. The summed E-state index contributed by atoms with van der Waals surface area (Å²) >= 11 is 0. The van der Waals surface area contributed by atoms with Crippen molar-refractivity contribution in [1.29, 1.82) is 0 Å². The molecule has 1 atom stereocenters. The predicted molar refractivity (Wildman–Crippen MR) is 111 cm³/mol. The highest BCUT2D eigenvalue weighted by atomic mass is 19.3. The van der Waals surface area contributed by atoms with Gasteiger partial charge >= 0.3 is 12.6 Å². The minimum Gasteiger partial charge on any atom is -0.497 e. The van der Waals surface area contributed by atoms with Crippen LogP contribution in [0.1, 0.15) is 12.0 Å². The fourth-order valence-corrected chi connectivity index (χ4v) is 3.50. The fourth-order valence-electron chi connectivity index (χ4n) is 3.50. The van der Waals surface area contributed by atoms with E-state index >= 15 is 0 Å². The van der Waals surface area contributed by atoms with Gasteiger partial charge in [0.15, 0.2) is 0 Å². The Kier molecular flexibility index (Phi) is 7.70. The lowest BCUT2D eigenvalue weighted by Gasteiger charge is -2.19. The van der Waals surface area contributed by atoms with Gasteiger partial charge in [-0.05, 0) is 48.6 Å². The molecule has 6 nitrogen and oxygen atoms in total. The van der Waals surface area contributed by atoms with Gasteiger partial charge in [-0.2, -0.15) is 8.78 Å². The number of carbonyl (C=O) groups excluding carboxylic acids is 1. The number of anilines is 1. The van der Waals surface area contributed by atoms with Crippen LogP contribution < -0.4 is 25.0 Å². The summed E-state index contributed by atoms with van der Waals surface area (Å²) in [6.45, 7) is 0.0871. The highest BCUT2D eigenvalue weighted by molar-refractivity contribution is 5.73. The minimum atomic E-state index is -2.83. The van der Waals surface area contributed by atoms with Crippen molar-refractivity contribution in [2.45, 2.75) is 19.5 Å². The minimum absolute atomic E-state index is 0.124. The molecule has 0 aliphatic carbocycles. The Morgan fingerprint density at radius 2 is 1.97 bits per heavy atom. The van der Waals surface area contributed by atoms with Crippen LogP contribution in [-0.4, -0.2) is 45.9 Å². The summed E-state index contributed by atoms with van der Waals surface area (Å²) in [6.07, 6.45) is 1.62. The first-order valence-electron chi connectivity index (χ1n) is 9.98. The summed E-state index contributed by atoms with van der Waals surface area (Å²) in [5, 5.41) is 5.76. The Balaban J connectivity index is 1.34. The topological polar surface area (TPSA) is 62.8 Å². The molecule has 0 saturated carbocycles. The molecule has 162 valence electrons. The molecule has 1 unspecified atom stereocenters. The van der Waals surface area contributed by atoms with Crippen molar-refractivity contribution in [3.63, 3.8) is 0 Å². The number of amides is 2. The molecule has 2 N–H and O–H groups in total. The number of hydrogen-bond donors (Lipinski definition) is 2. The number of methoxy groups -OCH3 is 1. The van der Waals surface area contributed by atoms with Crippen LogP contribution in [0.25, 0.3) is 0 Å². The Bertz CT molecular complexity index is 818. The summed E-state index contributed by atoms with van der Waals surface area (Å²) in [5.74, 6) is 1.35. The van der Waals surface area contributed by atoms with E-state index in [2.05, 4.69) is 26.3 Å². The van der Waals surface area contributed by atoms with E-state index < -0.39 is 6.61 Å². The highest BCUT2D eigenvalue weighted by Gasteiger charge is 2.23. The Labute approximate surface area is 175 Å². The molecule has 8 heteroatoms. The molecule has 1 aliphatic rings. The maximum absolute atomic E-state index is 12.2. The Hall–Kier alpha value is -3.03.